The molecule has 132 valence electrons. The molecule has 4 nitrogen and oxygen atoms in total. The Morgan fingerprint density at radius 1 is 1.07 bits per heavy atom. The fraction of sp³-hybridized carbons (Fsp3) is 0.0476. The monoisotopic (exact) mass is 378 g/mol. The number of aromatic nitrogens is 2. The molecule has 4 aromatic rings. The summed E-state index contributed by atoms with van der Waals surface area (Å²) < 4.78 is 20.7. The Hall–Kier alpha value is -3.18. The number of para-hydroxylation sites is 1. The summed E-state index contributed by atoms with van der Waals surface area (Å²) in [5.41, 5.74) is 3.06. The standard InChI is InChI=1S/C21H12ClFN2O2/c22-15-4-1-3-14-18(15)24-19-16-5-2-10-25(16)21(26)17(19)20(14)27-11-12-6-8-13(23)9-7-12/h1-10H,11H2. The highest BCUT2D eigenvalue weighted by atomic mass is 35.5. The third-order valence-electron chi connectivity index (χ3n) is 4.64. The molecule has 0 unspecified atom stereocenters. The van der Waals surface area contributed by atoms with Gasteiger partial charge in [-0.15, -0.1) is 0 Å². The van der Waals surface area contributed by atoms with Crippen LogP contribution >= 0.6 is 11.6 Å². The van der Waals surface area contributed by atoms with E-state index >= 15 is 0 Å². The van der Waals surface area contributed by atoms with Crippen LogP contribution in [0.5, 0.6) is 5.75 Å². The first-order valence-corrected chi connectivity index (χ1v) is 8.73. The van der Waals surface area contributed by atoms with Gasteiger partial charge in [0, 0.05) is 11.6 Å². The van der Waals surface area contributed by atoms with Crippen LogP contribution in [0.1, 0.15) is 15.9 Å². The van der Waals surface area contributed by atoms with Crippen molar-refractivity contribution in [2.45, 2.75) is 6.61 Å². The van der Waals surface area contributed by atoms with Gasteiger partial charge < -0.3 is 4.74 Å². The van der Waals surface area contributed by atoms with Crippen molar-refractivity contribution in [1.29, 1.82) is 0 Å². The van der Waals surface area contributed by atoms with Gasteiger partial charge in [-0.25, -0.2) is 9.37 Å². The Bertz CT molecular complexity index is 1220. The topological polar surface area (TPSA) is 44.1 Å². The molecule has 27 heavy (non-hydrogen) atoms. The van der Waals surface area contributed by atoms with Crippen molar-refractivity contribution >= 4 is 28.4 Å². The Morgan fingerprint density at radius 3 is 2.70 bits per heavy atom. The van der Waals surface area contributed by atoms with Gasteiger partial charge in [0.2, 0.25) is 0 Å². The molecule has 0 radical (unpaired) electrons. The maximum atomic E-state index is 13.1. The second-order valence-electron chi connectivity index (χ2n) is 6.28. The van der Waals surface area contributed by atoms with Gasteiger partial charge in [-0.1, -0.05) is 29.8 Å². The van der Waals surface area contributed by atoms with Crippen LogP contribution in [-0.4, -0.2) is 15.5 Å². The van der Waals surface area contributed by atoms with Gasteiger partial charge in [-0.3, -0.25) is 9.36 Å². The molecule has 0 fully saturated rings. The molecular formula is C21H12ClFN2O2. The van der Waals surface area contributed by atoms with Gasteiger partial charge >= 0.3 is 0 Å². The van der Waals surface area contributed by atoms with Crippen molar-refractivity contribution in [3.8, 4) is 17.1 Å². The molecule has 6 heteroatoms. The normalized spacial score (nSPS) is 12.3. The zero-order valence-electron chi connectivity index (χ0n) is 13.9. The summed E-state index contributed by atoms with van der Waals surface area (Å²) in [7, 11) is 0. The number of benzene rings is 2. The molecule has 0 spiro atoms. The number of ether oxygens (including phenoxy) is 1. The van der Waals surface area contributed by atoms with E-state index in [2.05, 4.69) is 4.98 Å². The van der Waals surface area contributed by atoms with Crippen LogP contribution in [0.4, 0.5) is 4.39 Å². The Balaban J connectivity index is 1.69. The molecule has 0 aliphatic carbocycles. The van der Waals surface area contributed by atoms with Crippen LogP contribution < -0.4 is 4.74 Å². The number of carbonyl (C=O) groups excluding carboxylic acids is 1. The fourth-order valence-electron chi connectivity index (χ4n) is 3.36. The van der Waals surface area contributed by atoms with Crippen molar-refractivity contribution in [2.75, 3.05) is 0 Å². The fourth-order valence-corrected chi connectivity index (χ4v) is 3.58. The van der Waals surface area contributed by atoms with Gasteiger partial charge in [-0.05, 0) is 42.0 Å². The predicted octanol–water partition coefficient (Wildman–Crippen LogP) is 5.08. The predicted molar refractivity (Wildman–Crippen MR) is 101 cm³/mol. The number of pyridine rings is 1. The first-order valence-electron chi connectivity index (χ1n) is 8.35. The number of hydrogen-bond donors (Lipinski definition) is 0. The van der Waals surface area contributed by atoms with Crippen LogP contribution in [0.2, 0.25) is 5.02 Å². The van der Waals surface area contributed by atoms with Crippen LogP contribution in [0.25, 0.3) is 22.3 Å². The van der Waals surface area contributed by atoms with Gasteiger partial charge in [0.25, 0.3) is 5.91 Å². The molecular weight excluding hydrogens is 367 g/mol. The van der Waals surface area contributed by atoms with E-state index in [1.54, 1.807) is 41.1 Å². The smallest absolute Gasteiger partial charge is 0.268 e. The summed E-state index contributed by atoms with van der Waals surface area (Å²) in [5, 5.41) is 1.15. The van der Waals surface area contributed by atoms with Crippen molar-refractivity contribution in [3.63, 3.8) is 0 Å². The van der Waals surface area contributed by atoms with Crippen LogP contribution in [-0.2, 0) is 6.61 Å². The van der Waals surface area contributed by atoms with E-state index in [0.717, 1.165) is 5.56 Å². The lowest BCUT2D eigenvalue weighted by atomic mass is 10.1. The van der Waals surface area contributed by atoms with Gasteiger partial charge in [0.05, 0.1) is 16.2 Å². The van der Waals surface area contributed by atoms with Crippen LogP contribution in [0.15, 0.2) is 60.8 Å². The number of hydrogen-bond acceptors (Lipinski definition) is 3. The molecule has 2 aromatic heterocycles. The molecule has 0 saturated carbocycles. The van der Waals surface area contributed by atoms with E-state index in [1.807, 2.05) is 12.1 Å². The van der Waals surface area contributed by atoms with Gasteiger partial charge in [0.1, 0.15) is 29.4 Å². The number of halogens is 2. The minimum Gasteiger partial charge on any atom is -0.487 e. The van der Waals surface area contributed by atoms with Gasteiger partial charge in [0.15, 0.2) is 0 Å². The second-order valence-corrected chi connectivity index (χ2v) is 6.69. The van der Waals surface area contributed by atoms with Crippen molar-refractivity contribution in [1.82, 2.24) is 9.55 Å². The van der Waals surface area contributed by atoms with E-state index in [1.165, 1.54) is 12.1 Å². The minimum atomic E-state index is -0.310. The van der Waals surface area contributed by atoms with E-state index < -0.39 is 0 Å². The van der Waals surface area contributed by atoms with Crippen molar-refractivity contribution < 1.29 is 13.9 Å². The quantitative estimate of drug-likeness (QED) is 0.440. The lowest BCUT2D eigenvalue weighted by Gasteiger charge is -2.13. The largest absolute Gasteiger partial charge is 0.487 e. The molecule has 1 aliphatic heterocycles. The number of rotatable bonds is 3. The van der Waals surface area contributed by atoms with Crippen molar-refractivity contribution in [2.24, 2.45) is 0 Å². The number of carbonyl (C=O) groups is 1. The average molecular weight is 379 g/mol. The Labute approximate surface area is 158 Å². The first-order chi connectivity index (χ1) is 13.1. The van der Waals surface area contributed by atoms with E-state index in [4.69, 9.17) is 16.3 Å². The molecule has 0 saturated heterocycles. The molecule has 0 N–H and O–H groups in total. The van der Waals surface area contributed by atoms with Crippen LogP contribution in [0.3, 0.4) is 0 Å². The SMILES string of the molecule is O=C1c2c(nc3c(Cl)cccc3c2OCc2ccc(F)cc2)-c2cccn21. The van der Waals surface area contributed by atoms with E-state index in [9.17, 15) is 9.18 Å². The third-order valence-corrected chi connectivity index (χ3v) is 4.94. The lowest BCUT2D eigenvalue weighted by molar-refractivity contribution is 0.0965. The lowest BCUT2D eigenvalue weighted by Crippen LogP contribution is -2.08. The highest BCUT2D eigenvalue weighted by Crippen LogP contribution is 2.42. The van der Waals surface area contributed by atoms with Gasteiger partial charge in [-0.2, -0.15) is 0 Å². The summed E-state index contributed by atoms with van der Waals surface area (Å²) in [4.78, 5) is 17.6. The third kappa shape index (κ3) is 2.43. The van der Waals surface area contributed by atoms with Crippen LogP contribution in [0, 0.1) is 5.82 Å². The molecule has 0 amide bonds. The number of nitrogens with zero attached hydrogens (tertiary/aromatic N) is 2. The summed E-state index contributed by atoms with van der Waals surface area (Å²) in [6.45, 7) is 0.195. The highest BCUT2D eigenvalue weighted by Gasteiger charge is 2.33. The first kappa shape index (κ1) is 16.0. The zero-order chi connectivity index (χ0) is 18.5. The van der Waals surface area contributed by atoms with E-state index in [0.29, 0.717) is 38.6 Å². The highest BCUT2D eigenvalue weighted by molar-refractivity contribution is 6.35. The second kappa shape index (κ2) is 5.93. The average Bonchev–Trinajstić information content (AvgIpc) is 3.25. The Kier molecular flexibility index (Phi) is 3.52. The van der Waals surface area contributed by atoms with E-state index in [-0.39, 0.29) is 18.3 Å². The molecule has 3 heterocycles. The minimum absolute atomic E-state index is 0.187. The summed E-state index contributed by atoms with van der Waals surface area (Å²) in [6.07, 6.45) is 1.70. The molecule has 1 aliphatic rings. The summed E-state index contributed by atoms with van der Waals surface area (Å²) in [6, 6.07) is 15.1. The van der Waals surface area contributed by atoms with Crippen molar-refractivity contribution in [3.05, 3.63) is 82.8 Å². The molecule has 0 bridgehead atoms. The maximum absolute atomic E-state index is 13.1. The molecule has 5 rings (SSSR count). The molecule has 0 atom stereocenters. The zero-order valence-corrected chi connectivity index (χ0v) is 14.7. The molecule has 2 aromatic carbocycles. The Morgan fingerprint density at radius 2 is 1.89 bits per heavy atom. The number of fused-ring (bicyclic) bond motifs is 4. The maximum Gasteiger partial charge on any atom is 0.268 e. The summed E-state index contributed by atoms with van der Waals surface area (Å²) >= 11 is 6.35. The summed E-state index contributed by atoms with van der Waals surface area (Å²) in [5.74, 6) is -0.0562.